The van der Waals surface area contributed by atoms with Gasteiger partial charge in [0.25, 0.3) is 0 Å². The Morgan fingerprint density at radius 1 is 1.52 bits per heavy atom. The maximum atomic E-state index is 12.2. The molecule has 7 nitrogen and oxygen atoms in total. The van der Waals surface area contributed by atoms with E-state index in [9.17, 15) is 13.2 Å². The molecule has 0 saturated carbocycles. The van der Waals surface area contributed by atoms with Crippen molar-refractivity contribution < 1.29 is 13.2 Å². The van der Waals surface area contributed by atoms with Gasteiger partial charge in [0, 0.05) is 24.8 Å². The molecule has 118 valence electrons. The van der Waals surface area contributed by atoms with Crippen molar-refractivity contribution in [3.63, 3.8) is 0 Å². The number of nitrogens with one attached hydrogen (secondary N) is 2. The molecule has 2 N–H and O–H groups in total. The Bertz CT molecular complexity index is 609. The van der Waals surface area contributed by atoms with E-state index < -0.39 is 10.0 Å². The minimum atomic E-state index is -3.24. The standard InChI is InChI=1S/C13H22N4O3S/c1-9(2)11-7-12(16-15-11)14-13(18)10-5-4-6-17(8-10)21(3,19)20/h7,9-10H,4-6,8H2,1-3H3,(H2,14,15,16,18). The number of anilines is 1. The van der Waals surface area contributed by atoms with Gasteiger partial charge < -0.3 is 5.32 Å². The van der Waals surface area contributed by atoms with Gasteiger partial charge in [-0.2, -0.15) is 5.10 Å². The monoisotopic (exact) mass is 314 g/mol. The number of rotatable bonds is 4. The zero-order valence-corrected chi connectivity index (χ0v) is 13.4. The van der Waals surface area contributed by atoms with Crippen LogP contribution in [0.25, 0.3) is 0 Å². The molecule has 8 heteroatoms. The largest absolute Gasteiger partial charge is 0.309 e. The van der Waals surface area contributed by atoms with Crippen LogP contribution in [0.2, 0.25) is 0 Å². The van der Waals surface area contributed by atoms with Gasteiger partial charge in [0.05, 0.1) is 12.2 Å². The SMILES string of the molecule is CC(C)c1cc(NC(=O)C2CCCN(S(C)(=O)=O)C2)n[nH]1. The van der Waals surface area contributed by atoms with Crippen molar-refractivity contribution in [3.05, 3.63) is 11.8 Å². The number of aromatic nitrogens is 2. The Balaban J connectivity index is 1.99. The summed E-state index contributed by atoms with van der Waals surface area (Å²) in [5.41, 5.74) is 0.951. The van der Waals surface area contributed by atoms with Crippen molar-refractivity contribution in [1.29, 1.82) is 0 Å². The fourth-order valence-electron chi connectivity index (χ4n) is 2.38. The molecule has 1 aromatic rings. The molecular formula is C13H22N4O3S. The highest BCUT2D eigenvalue weighted by atomic mass is 32.2. The second-order valence-electron chi connectivity index (χ2n) is 5.81. The van der Waals surface area contributed by atoms with E-state index in [1.54, 1.807) is 6.07 Å². The molecule has 0 radical (unpaired) electrons. The lowest BCUT2D eigenvalue weighted by molar-refractivity contribution is -0.120. The number of aromatic amines is 1. The Hall–Kier alpha value is -1.41. The zero-order chi connectivity index (χ0) is 15.6. The molecule has 1 fully saturated rings. The Kier molecular flexibility index (Phi) is 4.67. The van der Waals surface area contributed by atoms with Gasteiger partial charge >= 0.3 is 0 Å². The van der Waals surface area contributed by atoms with Gasteiger partial charge in [0.2, 0.25) is 15.9 Å². The van der Waals surface area contributed by atoms with Crippen LogP contribution < -0.4 is 5.32 Å². The smallest absolute Gasteiger partial charge is 0.230 e. The number of nitrogens with zero attached hydrogens (tertiary/aromatic N) is 2. The highest BCUT2D eigenvalue weighted by molar-refractivity contribution is 7.88. The third-order valence-electron chi connectivity index (χ3n) is 3.69. The average Bonchev–Trinajstić information content (AvgIpc) is 2.86. The fraction of sp³-hybridized carbons (Fsp3) is 0.692. The third kappa shape index (κ3) is 4.04. The van der Waals surface area contributed by atoms with Crippen LogP contribution in [0, 0.1) is 5.92 Å². The first-order valence-corrected chi connectivity index (χ1v) is 8.93. The van der Waals surface area contributed by atoms with Crippen LogP contribution in [0.15, 0.2) is 6.07 Å². The predicted octanol–water partition coefficient (Wildman–Crippen LogP) is 1.14. The van der Waals surface area contributed by atoms with Crippen LogP contribution in [-0.2, 0) is 14.8 Å². The van der Waals surface area contributed by atoms with Crippen LogP contribution in [-0.4, -0.2) is 48.2 Å². The van der Waals surface area contributed by atoms with Crippen molar-refractivity contribution in [2.75, 3.05) is 24.7 Å². The van der Waals surface area contributed by atoms with Crippen molar-refractivity contribution in [1.82, 2.24) is 14.5 Å². The van der Waals surface area contributed by atoms with Gasteiger partial charge in [-0.3, -0.25) is 9.89 Å². The molecule has 1 aromatic heterocycles. The van der Waals surface area contributed by atoms with E-state index in [0.717, 1.165) is 5.69 Å². The Labute approximate surface area is 125 Å². The van der Waals surface area contributed by atoms with E-state index in [0.29, 0.717) is 31.1 Å². The van der Waals surface area contributed by atoms with Gasteiger partial charge in [-0.15, -0.1) is 0 Å². The summed E-state index contributed by atoms with van der Waals surface area (Å²) in [7, 11) is -3.24. The molecule has 1 aliphatic rings. The predicted molar refractivity (Wildman–Crippen MR) is 80.4 cm³/mol. The van der Waals surface area contributed by atoms with E-state index >= 15 is 0 Å². The summed E-state index contributed by atoms with van der Waals surface area (Å²) in [5, 5.41) is 9.68. The molecule has 0 aromatic carbocycles. The molecule has 1 saturated heterocycles. The van der Waals surface area contributed by atoms with Gasteiger partial charge in [0.15, 0.2) is 5.82 Å². The molecule has 0 spiro atoms. The second kappa shape index (κ2) is 6.15. The highest BCUT2D eigenvalue weighted by Gasteiger charge is 2.30. The number of amides is 1. The van der Waals surface area contributed by atoms with E-state index in [1.807, 2.05) is 13.8 Å². The van der Waals surface area contributed by atoms with Crippen LogP contribution in [0.4, 0.5) is 5.82 Å². The number of H-pyrrole nitrogens is 1. The maximum absolute atomic E-state index is 12.2. The van der Waals surface area contributed by atoms with Crippen LogP contribution in [0.5, 0.6) is 0 Å². The highest BCUT2D eigenvalue weighted by Crippen LogP contribution is 2.21. The van der Waals surface area contributed by atoms with E-state index in [1.165, 1.54) is 10.6 Å². The molecule has 1 amide bonds. The fourth-order valence-corrected chi connectivity index (χ4v) is 3.29. The molecule has 2 rings (SSSR count). The van der Waals surface area contributed by atoms with Crippen molar-refractivity contribution in [2.45, 2.75) is 32.6 Å². The number of hydrogen-bond acceptors (Lipinski definition) is 4. The first-order valence-electron chi connectivity index (χ1n) is 7.08. The molecule has 1 atom stereocenters. The summed E-state index contributed by atoms with van der Waals surface area (Å²) in [6, 6.07) is 1.81. The average molecular weight is 314 g/mol. The Morgan fingerprint density at radius 2 is 2.24 bits per heavy atom. The lowest BCUT2D eigenvalue weighted by Crippen LogP contribution is -2.43. The second-order valence-corrected chi connectivity index (χ2v) is 7.80. The first kappa shape index (κ1) is 16.0. The first-order chi connectivity index (χ1) is 9.77. The minimum absolute atomic E-state index is 0.176. The summed E-state index contributed by atoms with van der Waals surface area (Å²) in [6.45, 7) is 4.79. The third-order valence-corrected chi connectivity index (χ3v) is 4.96. The summed E-state index contributed by atoms with van der Waals surface area (Å²) in [6.07, 6.45) is 2.57. The van der Waals surface area contributed by atoms with E-state index in [2.05, 4.69) is 15.5 Å². The van der Waals surface area contributed by atoms with E-state index in [4.69, 9.17) is 0 Å². The van der Waals surface area contributed by atoms with Crippen LogP contribution >= 0.6 is 0 Å². The zero-order valence-electron chi connectivity index (χ0n) is 12.6. The molecule has 1 aliphatic heterocycles. The van der Waals surface area contributed by atoms with Gasteiger partial charge in [0.1, 0.15) is 0 Å². The van der Waals surface area contributed by atoms with Crippen LogP contribution in [0.3, 0.4) is 0 Å². The summed E-state index contributed by atoms with van der Waals surface area (Å²) < 4.78 is 24.5. The van der Waals surface area contributed by atoms with Gasteiger partial charge in [-0.05, 0) is 18.8 Å². The molecule has 0 bridgehead atoms. The summed E-state index contributed by atoms with van der Waals surface area (Å²) >= 11 is 0. The molecule has 21 heavy (non-hydrogen) atoms. The number of piperidine rings is 1. The topological polar surface area (TPSA) is 95.2 Å². The summed E-state index contributed by atoms with van der Waals surface area (Å²) in [4.78, 5) is 12.2. The molecular weight excluding hydrogens is 292 g/mol. The molecule has 2 heterocycles. The number of carbonyl (C=O) groups excluding carboxylic acids is 1. The Morgan fingerprint density at radius 3 is 2.81 bits per heavy atom. The van der Waals surface area contributed by atoms with E-state index in [-0.39, 0.29) is 18.4 Å². The van der Waals surface area contributed by atoms with Crippen molar-refractivity contribution >= 4 is 21.7 Å². The number of sulfonamides is 1. The summed E-state index contributed by atoms with van der Waals surface area (Å²) in [5.74, 6) is 0.288. The normalized spacial score (nSPS) is 20.7. The maximum Gasteiger partial charge on any atom is 0.230 e. The quantitative estimate of drug-likeness (QED) is 0.871. The molecule has 0 aliphatic carbocycles. The number of hydrogen-bond donors (Lipinski definition) is 2. The minimum Gasteiger partial charge on any atom is -0.309 e. The van der Waals surface area contributed by atoms with Gasteiger partial charge in [-0.25, -0.2) is 12.7 Å². The van der Waals surface area contributed by atoms with Crippen molar-refractivity contribution in [3.8, 4) is 0 Å². The molecule has 1 unspecified atom stereocenters. The lowest BCUT2D eigenvalue weighted by Gasteiger charge is -2.29. The van der Waals surface area contributed by atoms with Crippen LogP contribution in [0.1, 0.15) is 38.3 Å². The lowest BCUT2D eigenvalue weighted by atomic mass is 9.99. The number of carbonyl (C=O) groups is 1. The van der Waals surface area contributed by atoms with Crippen molar-refractivity contribution in [2.24, 2.45) is 5.92 Å². The van der Waals surface area contributed by atoms with Gasteiger partial charge in [-0.1, -0.05) is 13.8 Å².